The maximum Gasteiger partial charge on any atom is 0.0610 e. The summed E-state index contributed by atoms with van der Waals surface area (Å²) in [5.41, 5.74) is 4.30. The lowest BCUT2D eigenvalue weighted by molar-refractivity contribution is 0.337. The largest absolute Gasteiger partial charge is 0.383 e. The first-order valence-corrected chi connectivity index (χ1v) is 7.56. The minimum Gasteiger partial charge on any atom is -0.383 e. The number of benzene rings is 1. The van der Waals surface area contributed by atoms with Gasteiger partial charge in [-0.2, -0.15) is 0 Å². The fraction of sp³-hybridized carbons (Fsp3) is 0.625. The second-order valence-corrected chi connectivity index (χ2v) is 6.00. The Bertz CT molecular complexity index is 444. The highest BCUT2D eigenvalue weighted by atomic mass is 15.2. The molecule has 0 aliphatic carbocycles. The minimum absolute atomic E-state index is 0.586. The Morgan fingerprint density at radius 2 is 2.11 bits per heavy atom. The summed E-state index contributed by atoms with van der Waals surface area (Å²) >= 11 is 0. The lowest BCUT2D eigenvalue weighted by atomic mass is 10.0. The maximum atomic E-state index is 3.63. The van der Waals surface area contributed by atoms with E-state index in [9.17, 15) is 0 Å². The van der Waals surface area contributed by atoms with Crippen LogP contribution in [-0.2, 0) is 6.42 Å². The van der Waals surface area contributed by atoms with Crippen LogP contribution in [0.15, 0.2) is 18.2 Å². The Kier molecular flexibility index (Phi) is 3.65. The van der Waals surface area contributed by atoms with Gasteiger partial charge in [-0.1, -0.05) is 12.1 Å². The molecule has 1 atom stereocenters. The summed E-state index contributed by atoms with van der Waals surface area (Å²) in [6.07, 6.45) is 3.73. The highest BCUT2D eigenvalue weighted by Gasteiger charge is 2.23. The average molecular weight is 259 g/mol. The molecule has 1 N–H and O–H groups in total. The summed E-state index contributed by atoms with van der Waals surface area (Å²) in [4.78, 5) is 5.05. The Morgan fingerprint density at radius 3 is 3.00 bits per heavy atom. The first kappa shape index (κ1) is 12.8. The van der Waals surface area contributed by atoms with Crippen LogP contribution in [0.5, 0.6) is 0 Å². The molecule has 2 heterocycles. The predicted molar refractivity (Wildman–Crippen MR) is 82.2 cm³/mol. The molecule has 3 rings (SSSR count). The molecule has 0 radical (unpaired) electrons. The first-order valence-electron chi connectivity index (χ1n) is 7.56. The van der Waals surface area contributed by atoms with E-state index in [1.165, 1.54) is 49.3 Å². The third-order valence-electron chi connectivity index (χ3n) is 4.41. The number of para-hydroxylation sites is 1. The van der Waals surface area contributed by atoms with Gasteiger partial charge in [0, 0.05) is 25.7 Å². The Morgan fingerprint density at radius 1 is 1.21 bits per heavy atom. The van der Waals surface area contributed by atoms with Crippen molar-refractivity contribution in [3.8, 4) is 0 Å². The second-order valence-electron chi connectivity index (χ2n) is 6.00. The molecule has 0 spiro atoms. The molecular weight excluding hydrogens is 234 g/mol. The van der Waals surface area contributed by atoms with Gasteiger partial charge in [-0.15, -0.1) is 0 Å². The fourth-order valence-electron chi connectivity index (χ4n) is 3.46. The molecule has 0 saturated carbocycles. The maximum absolute atomic E-state index is 3.63. The number of hydrogen-bond acceptors (Lipinski definition) is 3. The van der Waals surface area contributed by atoms with Crippen molar-refractivity contribution in [3.63, 3.8) is 0 Å². The number of hydrogen-bond donors (Lipinski definition) is 1. The standard InChI is InChI=1S/C16H25N3/c1-13-12-18(2)10-5-11-19(13)15-8-3-6-14-7-4-9-17-16(14)15/h3,6,8,13,17H,4-5,7,9-12H2,1-2H3. The van der Waals surface area contributed by atoms with Gasteiger partial charge in [0.1, 0.15) is 0 Å². The molecule has 3 heteroatoms. The van der Waals surface area contributed by atoms with E-state index < -0.39 is 0 Å². The van der Waals surface area contributed by atoms with E-state index in [4.69, 9.17) is 0 Å². The van der Waals surface area contributed by atoms with Crippen molar-refractivity contribution in [2.24, 2.45) is 0 Å². The van der Waals surface area contributed by atoms with Crippen molar-refractivity contribution >= 4 is 11.4 Å². The molecule has 1 aromatic carbocycles. The molecule has 1 unspecified atom stereocenters. The van der Waals surface area contributed by atoms with E-state index >= 15 is 0 Å². The van der Waals surface area contributed by atoms with Crippen LogP contribution in [0.2, 0.25) is 0 Å². The fourth-order valence-corrected chi connectivity index (χ4v) is 3.46. The summed E-state index contributed by atoms with van der Waals surface area (Å²) in [5, 5.41) is 3.63. The molecule has 19 heavy (non-hydrogen) atoms. The molecule has 1 aromatic rings. The van der Waals surface area contributed by atoms with Crippen LogP contribution >= 0.6 is 0 Å². The van der Waals surface area contributed by atoms with Crippen LogP contribution in [0.1, 0.15) is 25.3 Å². The van der Waals surface area contributed by atoms with Crippen LogP contribution in [0.3, 0.4) is 0 Å². The number of nitrogens with one attached hydrogen (secondary N) is 1. The highest BCUT2D eigenvalue weighted by Crippen LogP contribution is 2.34. The van der Waals surface area contributed by atoms with E-state index in [-0.39, 0.29) is 0 Å². The monoisotopic (exact) mass is 259 g/mol. The number of rotatable bonds is 1. The quantitative estimate of drug-likeness (QED) is 0.836. The zero-order valence-corrected chi connectivity index (χ0v) is 12.2. The van der Waals surface area contributed by atoms with E-state index in [0.717, 1.165) is 13.1 Å². The van der Waals surface area contributed by atoms with Gasteiger partial charge < -0.3 is 15.1 Å². The smallest absolute Gasteiger partial charge is 0.0610 e. The van der Waals surface area contributed by atoms with Gasteiger partial charge in [0.25, 0.3) is 0 Å². The van der Waals surface area contributed by atoms with Gasteiger partial charge in [-0.05, 0) is 51.4 Å². The zero-order chi connectivity index (χ0) is 13.2. The Balaban J connectivity index is 1.92. The van der Waals surface area contributed by atoms with E-state index in [2.05, 4.69) is 47.3 Å². The normalized spacial score (nSPS) is 24.5. The number of likely N-dealkylation sites (N-methyl/N-ethyl adjacent to an activating group) is 1. The summed E-state index contributed by atoms with van der Waals surface area (Å²) in [6, 6.07) is 7.38. The van der Waals surface area contributed by atoms with Crippen LogP contribution in [-0.4, -0.2) is 44.2 Å². The third kappa shape index (κ3) is 2.57. The van der Waals surface area contributed by atoms with Gasteiger partial charge in [0.2, 0.25) is 0 Å². The van der Waals surface area contributed by atoms with E-state index in [1.807, 2.05) is 0 Å². The van der Waals surface area contributed by atoms with Crippen molar-refractivity contribution in [1.29, 1.82) is 0 Å². The van der Waals surface area contributed by atoms with Crippen LogP contribution in [0.25, 0.3) is 0 Å². The van der Waals surface area contributed by atoms with E-state index in [1.54, 1.807) is 0 Å². The molecule has 1 fully saturated rings. The number of aryl methyl sites for hydroxylation is 1. The molecule has 2 aliphatic rings. The van der Waals surface area contributed by atoms with Crippen LogP contribution in [0.4, 0.5) is 11.4 Å². The van der Waals surface area contributed by atoms with E-state index in [0.29, 0.717) is 6.04 Å². The topological polar surface area (TPSA) is 18.5 Å². The molecule has 1 saturated heterocycles. The molecule has 0 aromatic heterocycles. The molecular formula is C16H25N3. The lowest BCUT2D eigenvalue weighted by Crippen LogP contribution is -2.38. The Hall–Kier alpha value is -1.22. The molecule has 2 aliphatic heterocycles. The molecule has 0 bridgehead atoms. The third-order valence-corrected chi connectivity index (χ3v) is 4.41. The second kappa shape index (κ2) is 5.41. The summed E-state index contributed by atoms with van der Waals surface area (Å²) in [5.74, 6) is 0. The highest BCUT2D eigenvalue weighted by molar-refractivity contribution is 5.75. The minimum atomic E-state index is 0.586. The van der Waals surface area contributed by atoms with Gasteiger partial charge in [0.05, 0.1) is 11.4 Å². The van der Waals surface area contributed by atoms with Crippen LogP contribution < -0.4 is 10.2 Å². The van der Waals surface area contributed by atoms with Gasteiger partial charge in [-0.25, -0.2) is 0 Å². The number of nitrogens with zero attached hydrogens (tertiary/aromatic N) is 2. The zero-order valence-electron chi connectivity index (χ0n) is 12.2. The summed E-state index contributed by atoms with van der Waals surface area (Å²) in [7, 11) is 2.23. The Labute approximate surface area is 116 Å². The van der Waals surface area contributed by atoms with Crippen molar-refractivity contribution in [3.05, 3.63) is 23.8 Å². The lowest BCUT2D eigenvalue weighted by Gasteiger charge is -2.34. The molecule has 104 valence electrons. The van der Waals surface area contributed by atoms with Gasteiger partial charge in [0.15, 0.2) is 0 Å². The SMILES string of the molecule is CC1CN(C)CCCN1c1cccc2c1NCCC2. The molecule has 3 nitrogen and oxygen atoms in total. The number of fused-ring (bicyclic) bond motifs is 1. The van der Waals surface area contributed by atoms with Gasteiger partial charge >= 0.3 is 0 Å². The average Bonchev–Trinajstić information content (AvgIpc) is 2.59. The van der Waals surface area contributed by atoms with Crippen molar-refractivity contribution in [2.75, 3.05) is 43.4 Å². The predicted octanol–water partition coefficient (Wildman–Crippen LogP) is 2.58. The van der Waals surface area contributed by atoms with Crippen molar-refractivity contribution in [1.82, 2.24) is 4.90 Å². The number of anilines is 2. The van der Waals surface area contributed by atoms with Crippen molar-refractivity contribution < 1.29 is 0 Å². The van der Waals surface area contributed by atoms with Gasteiger partial charge in [-0.3, -0.25) is 0 Å². The summed E-state index contributed by atoms with van der Waals surface area (Å²) < 4.78 is 0. The van der Waals surface area contributed by atoms with Crippen LogP contribution in [0, 0.1) is 0 Å². The first-order chi connectivity index (χ1) is 9.25. The van der Waals surface area contributed by atoms with Crippen molar-refractivity contribution in [2.45, 2.75) is 32.2 Å². The summed E-state index contributed by atoms with van der Waals surface area (Å²) in [6.45, 7) is 7.01. The molecule has 0 amide bonds.